The van der Waals surface area contributed by atoms with Crippen molar-refractivity contribution in [1.29, 1.82) is 0 Å². The van der Waals surface area contributed by atoms with E-state index in [0.29, 0.717) is 0 Å². The van der Waals surface area contributed by atoms with Gasteiger partial charge in [-0.1, -0.05) is 24.3 Å². The molecule has 2 nitrogen and oxygen atoms in total. The van der Waals surface area contributed by atoms with Gasteiger partial charge in [-0.2, -0.15) is 13.2 Å². The molecule has 1 aliphatic rings. The van der Waals surface area contributed by atoms with E-state index in [1.807, 2.05) is 29.6 Å². The number of rotatable bonds is 4. The number of hydrogen-bond acceptors (Lipinski definition) is 4. The van der Waals surface area contributed by atoms with Crippen molar-refractivity contribution in [1.82, 2.24) is 10.2 Å². The largest absolute Gasteiger partial charge is 0.446 e. The van der Waals surface area contributed by atoms with Gasteiger partial charge in [0.2, 0.25) is 0 Å². The zero-order chi connectivity index (χ0) is 16.3. The van der Waals surface area contributed by atoms with Crippen molar-refractivity contribution in [2.75, 3.05) is 26.2 Å². The molecule has 0 unspecified atom stereocenters. The minimum Gasteiger partial charge on any atom is -0.314 e. The molecule has 0 spiro atoms. The van der Waals surface area contributed by atoms with Gasteiger partial charge in [-0.3, -0.25) is 4.90 Å². The van der Waals surface area contributed by atoms with Crippen LogP contribution in [0.15, 0.2) is 46.7 Å². The Labute approximate surface area is 153 Å². The van der Waals surface area contributed by atoms with Crippen LogP contribution in [0.3, 0.4) is 0 Å². The molecule has 1 aliphatic heterocycles. The lowest BCUT2D eigenvalue weighted by molar-refractivity contribution is -0.0328. The van der Waals surface area contributed by atoms with Crippen LogP contribution in [-0.2, 0) is 0 Å². The molecule has 2 aromatic rings. The topological polar surface area (TPSA) is 15.3 Å². The Kier molecular flexibility index (Phi) is 7.00. The first kappa shape index (κ1) is 19.6. The molecule has 0 bridgehead atoms. The highest BCUT2D eigenvalue weighted by Gasteiger charge is 2.33. The Morgan fingerprint density at radius 2 is 1.79 bits per heavy atom. The molecule has 1 saturated heterocycles. The number of nitrogens with zero attached hydrogens (tertiary/aromatic N) is 1. The van der Waals surface area contributed by atoms with E-state index in [1.54, 1.807) is 23.5 Å². The van der Waals surface area contributed by atoms with Gasteiger partial charge in [0.1, 0.15) is 0 Å². The van der Waals surface area contributed by atoms with Gasteiger partial charge in [0.15, 0.2) is 0 Å². The van der Waals surface area contributed by atoms with Crippen molar-refractivity contribution < 1.29 is 13.2 Å². The highest BCUT2D eigenvalue weighted by Crippen LogP contribution is 2.43. The van der Waals surface area contributed by atoms with E-state index in [0.717, 1.165) is 36.6 Å². The molecule has 1 atom stereocenters. The maximum absolute atomic E-state index is 12.9. The molecule has 1 N–H and O–H groups in total. The molecule has 8 heteroatoms. The number of piperazine rings is 1. The average molecular weight is 395 g/mol. The summed E-state index contributed by atoms with van der Waals surface area (Å²) in [5.74, 6) is 0. The lowest BCUT2D eigenvalue weighted by atomic mass is 10.0. The molecular weight excluding hydrogens is 377 g/mol. The van der Waals surface area contributed by atoms with E-state index in [2.05, 4.69) is 10.2 Å². The van der Waals surface area contributed by atoms with Crippen LogP contribution in [0.25, 0.3) is 0 Å². The second kappa shape index (κ2) is 8.58. The third-order valence-electron chi connectivity index (χ3n) is 3.77. The molecular formula is C16H18ClF3N2S2. The van der Waals surface area contributed by atoms with Crippen molar-refractivity contribution >= 4 is 35.5 Å². The summed E-state index contributed by atoms with van der Waals surface area (Å²) < 4.78 is 38.7. The number of alkyl halides is 3. The monoisotopic (exact) mass is 394 g/mol. The first-order valence-corrected chi connectivity index (χ1v) is 9.07. The van der Waals surface area contributed by atoms with E-state index in [-0.39, 0.29) is 35.1 Å². The minimum atomic E-state index is -4.28. The third kappa shape index (κ3) is 4.89. The van der Waals surface area contributed by atoms with Crippen LogP contribution in [-0.4, -0.2) is 36.6 Å². The lowest BCUT2D eigenvalue weighted by Crippen LogP contribution is -2.45. The summed E-state index contributed by atoms with van der Waals surface area (Å²) in [7, 11) is 0. The second-order valence-corrected chi connectivity index (χ2v) is 7.38. The fourth-order valence-electron chi connectivity index (χ4n) is 2.84. The van der Waals surface area contributed by atoms with Gasteiger partial charge < -0.3 is 5.32 Å². The molecule has 0 aliphatic carbocycles. The van der Waals surface area contributed by atoms with Gasteiger partial charge >= 0.3 is 5.51 Å². The van der Waals surface area contributed by atoms with Crippen LogP contribution in [0.4, 0.5) is 13.2 Å². The summed E-state index contributed by atoms with van der Waals surface area (Å²) in [5, 5.41) is 5.27. The number of benzene rings is 1. The zero-order valence-corrected chi connectivity index (χ0v) is 15.2. The van der Waals surface area contributed by atoms with Crippen LogP contribution in [0, 0.1) is 0 Å². The number of thioether (sulfide) groups is 1. The van der Waals surface area contributed by atoms with E-state index in [9.17, 15) is 13.2 Å². The molecule has 0 amide bonds. The van der Waals surface area contributed by atoms with E-state index in [1.165, 1.54) is 0 Å². The molecule has 132 valence electrons. The number of halogens is 4. The Morgan fingerprint density at radius 1 is 1.08 bits per heavy atom. The minimum absolute atomic E-state index is 0. The summed E-state index contributed by atoms with van der Waals surface area (Å²) in [5.41, 5.74) is -3.54. The molecule has 0 radical (unpaired) electrons. The number of thiophene rings is 1. The summed E-state index contributed by atoms with van der Waals surface area (Å²) in [6.07, 6.45) is 0. The smallest absolute Gasteiger partial charge is 0.314 e. The standard InChI is InChI=1S/C16H17F3N2S2.ClH/c17-16(18,19)23-13-5-2-1-4-12(13)15(14-6-3-11-22-14)21-9-7-20-8-10-21;/h1-6,11,15,20H,7-10H2;1H/t15-;/m1./s1. The predicted molar refractivity (Wildman–Crippen MR) is 96.2 cm³/mol. The average Bonchev–Trinajstić information content (AvgIpc) is 3.03. The van der Waals surface area contributed by atoms with Gasteiger partial charge in [-0.15, -0.1) is 23.7 Å². The van der Waals surface area contributed by atoms with Crippen LogP contribution in [0.2, 0.25) is 0 Å². The zero-order valence-electron chi connectivity index (χ0n) is 12.8. The Hall–Kier alpha value is -0.730. The molecule has 0 saturated carbocycles. The molecule has 24 heavy (non-hydrogen) atoms. The fraction of sp³-hybridized carbons (Fsp3) is 0.375. The lowest BCUT2D eigenvalue weighted by Gasteiger charge is -2.35. The molecule has 1 aromatic carbocycles. The van der Waals surface area contributed by atoms with E-state index >= 15 is 0 Å². The maximum Gasteiger partial charge on any atom is 0.446 e. The van der Waals surface area contributed by atoms with E-state index < -0.39 is 5.51 Å². The Bertz CT molecular complexity index is 629. The second-order valence-electron chi connectivity index (χ2n) is 5.29. The van der Waals surface area contributed by atoms with Gasteiger partial charge in [0.05, 0.1) is 6.04 Å². The highest BCUT2D eigenvalue weighted by atomic mass is 35.5. The maximum atomic E-state index is 12.9. The first-order chi connectivity index (χ1) is 11.0. The van der Waals surface area contributed by atoms with Crippen molar-refractivity contribution in [2.24, 2.45) is 0 Å². The van der Waals surface area contributed by atoms with Gasteiger partial charge in [0.25, 0.3) is 0 Å². The quantitative estimate of drug-likeness (QED) is 0.751. The van der Waals surface area contributed by atoms with Gasteiger partial charge in [0, 0.05) is 36.0 Å². The van der Waals surface area contributed by atoms with Gasteiger partial charge in [-0.05, 0) is 34.8 Å². The number of hydrogen-bond donors (Lipinski definition) is 1. The summed E-state index contributed by atoms with van der Waals surface area (Å²) >= 11 is 1.57. The van der Waals surface area contributed by atoms with Crippen molar-refractivity contribution in [2.45, 2.75) is 16.4 Å². The van der Waals surface area contributed by atoms with Crippen LogP contribution in [0.1, 0.15) is 16.5 Å². The summed E-state index contributed by atoms with van der Waals surface area (Å²) in [6.45, 7) is 3.37. The van der Waals surface area contributed by atoms with Crippen LogP contribution >= 0.6 is 35.5 Å². The normalized spacial score (nSPS) is 17.3. The summed E-state index contributed by atoms with van der Waals surface area (Å²) in [4.78, 5) is 3.64. The first-order valence-electron chi connectivity index (χ1n) is 7.37. The molecule has 1 aromatic heterocycles. The van der Waals surface area contributed by atoms with Crippen molar-refractivity contribution in [3.8, 4) is 0 Å². The molecule has 1 fully saturated rings. The number of nitrogens with one attached hydrogen (secondary N) is 1. The van der Waals surface area contributed by atoms with Crippen molar-refractivity contribution in [3.63, 3.8) is 0 Å². The third-order valence-corrected chi connectivity index (χ3v) is 5.52. The van der Waals surface area contributed by atoms with Gasteiger partial charge in [-0.25, -0.2) is 0 Å². The van der Waals surface area contributed by atoms with Crippen LogP contribution < -0.4 is 5.32 Å². The Morgan fingerprint density at radius 3 is 2.42 bits per heavy atom. The highest BCUT2D eigenvalue weighted by molar-refractivity contribution is 8.00. The van der Waals surface area contributed by atoms with Crippen molar-refractivity contribution in [3.05, 3.63) is 52.2 Å². The SMILES string of the molecule is Cl.FC(F)(F)Sc1ccccc1[C@H](c1cccs1)N1CCNCC1. The molecule has 3 rings (SSSR count). The predicted octanol–water partition coefficient (Wildman–Crippen LogP) is 4.78. The Balaban J connectivity index is 0.00000208. The van der Waals surface area contributed by atoms with E-state index in [4.69, 9.17) is 0 Å². The van der Waals surface area contributed by atoms with Crippen LogP contribution in [0.5, 0.6) is 0 Å². The summed E-state index contributed by atoms with van der Waals surface area (Å²) in [6, 6.07) is 10.7. The fourth-order valence-corrected chi connectivity index (χ4v) is 4.41. The molecule has 2 heterocycles.